The largest absolute Gasteiger partial charge is 0.428 e. The Hall–Kier alpha value is -2.08. The zero-order chi connectivity index (χ0) is 20.0. The summed E-state index contributed by atoms with van der Waals surface area (Å²) >= 11 is 0. The van der Waals surface area contributed by atoms with Gasteiger partial charge in [0.15, 0.2) is 6.04 Å². The third-order valence-electron chi connectivity index (χ3n) is 7.55. The molecule has 1 unspecified atom stereocenters. The van der Waals surface area contributed by atoms with Crippen LogP contribution in [0.1, 0.15) is 68.0 Å². The van der Waals surface area contributed by atoms with Crippen molar-refractivity contribution in [1.29, 1.82) is 0 Å². The molecule has 2 saturated carbocycles. The molecule has 1 aromatic rings. The van der Waals surface area contributed by atoms with E-state index in [4.69, 9.17) is 4.84 Å². The van der Waals surface area contributed by atoms with E-state index in [2.05, 4.69) is 6.07 Å². The number of carbonyl (C=O) groups excluding carboxylic acids is 2. The molecule has 6 nitrogen and oxygen atoms in total. The Morgan fingerprint density at radius 1 is 1.00 bits per heavy atom. The average molecular weight is 398 g/mol. The molecule has 2 aliphatic heterocycles. The molecule has 2 aliphatic carbocycles. The molecule has 4 aliphatic rings. The van der Waals surface area contributed by atoms with E-state index in [0.717, 1.165) is 31.5 Å². The van der Waals surface area contributed by atoms with Crippen molar-refractivity contribution in [1.82, 2.24) is 14.9 Å². The Labute approximate surface area is 172 Å². The molecular formula is C23H31N3O3. The second-order valence-corrected chi connectivity index (χ2v) is 9.40. The highest BCUT2D eigenvalue weighted by molar-refractivity contribution is 5.84. The lowest BCUT2D eigenvalue weighted by Gasteiger charge is -2.48. The summed E-state index contributed by atoms with van der Waals surface area (Å²) in [6.07, 6.45) is 8.15. The quantitative estimate of drug-likeness (QED) is 0.780. The van der Waals surface area contributed by atoms with Gasteiger partial charge in [-0.05, 0) is 61.0 Å². The topological polar surface area (TPSA) is 53.1 Å². The van der Waals surface area contributed by atoms with E-state index in [1.165, 1.54) is 37.7 Å². The second-order valence-electron chi connectivity index (χ2n) is 9.40. The maximum Gasteiger partial charge on any atom is 0.428 e. The number of amides is 2. The molecule has 2 amide bonds. The molecule has 2 heterocycles. The average Bonchev–Trinajstić information content (AvgIpc) is 3.55. The molecule has 2 saturated heterocycles. The van der Waals surface area contributed by atoms with E-state index in [0.29, 0.717) is 24.4 Å². The first-order chi connectivity index (χ1) is 14.1. The maximum absolute atomic E-state index is 13.1. The van der Waals surface area contributed by atoms with E-state index in [1.54, 1.807) is 9.96 Å². The number of hydroxylamine groups is 2. The first-order valence-electron chi connectivity index (χ1n) is 11.1. The van der Waals surface area contributed by atoms with Gasteiger partial charge in [0, 0.05) is 26.7 Å². The first kappa shape index (κ1) is 18.9. The van der Waals surface area contributed by atoms with Crippen LogP contribution in [-0.4, -0.2) is 60.1 Å². The number of benzene rings is 1. The van der Waals surface area contributed by atoms with Gasteiger partial charge in [-0.3, -0.25) is 4.79 Å². The van der Waals surface area contributed by atoms with Crippen LogP contribution in [0.3, 0.4) is 0 Å². The number of carbonyl (C=O) groups is 2. The number of hydrogen-bond donors (Lipinski definition) is 0. The second kappa shape index (κ2) is 7.31. The van der Waals surface area contributed by atoms with Crippen molar-refractivity contribution in [2.45, 2.75) is 56.9 Å². The molecular weight excluding hydrogens is 366 g/mol. The minimum Gasteiger partial charge on any atom is -0.350 e. The van der Waals surface area contributed by atoms with Crippen molar-refractivity contribution in [3.63, 3.8) is 0 Å². The molecule has 0 N–H and O–H groups in total. The van der Waals surface area contributed by atoms with Crippen molar-refractivity contribution < 1.29 is 14.4 Å². The summed E-state index contributed by atoms with van der Waals surface area (Å²) in [5.74, 6) is 0.536. The van der Waals surface area contributed by atoms with Crippen LogP contribution in [-0.2, 0) is 9.63 Å². The van der Waals surface area contributed by atoms with Crippen molar-refractivity contribution in [3.05, 3.63) is 35.4 Å². The smallest absolute Gasteiger partial charge is 0.350 e. The Kier molecular flexibility index (Phi) is 4.77. The number of rotatable bonds is 3. The summed E-state index contributed by atoms with van der Waals surface area (Å²) in [5, 5.41) is 1.64. The van der Waals surface area contributed by atoms with Crippen LogP contribution in [0.15, 0.2) is 24.3 Å². The van der Waals surface area contributed by atoms with Crippen molar-refractivity contribution >= 4 is 12.0 Å². The summed E-state index contributed by atoms with van der Waals surface area (Å²) < 4.78 is 0. The summed E-state index contributed by atoms with van der Waals surface area (Å²) in [4.78, 5) is 35.5. The molecule has 4 fully saturated rings. The van der Waals surface area contributed by atoms with Crippen LogP contribution >= 0.6 is 0 Å². The SMILES string of the molecule is CN1CCN(OC(=O)N2CCC3(CCC3)CC2)C(c2ccccc2C2CC2)C1=O. The van der Waals surface area contributed by atoms with Gasteiger partial charge in [-0.2, -0.15) is 0 Å². The summed E-state index contributed by atoms with van der Waals surface area (Å²) in [6, 6.07) is 7.62. The molecule has 1 atom stereocenters. The van der Waals surface area contributed by atoms with Gasteiger partial charge in [0.1, 0.15) is 0 Å². The molecule has 1 spiro atoms. The van der Waals surface area contributed by atoms with Crippen LogP contribution in [0, 0.1) is 5.41 Å². The first-order valence-corrected chi connectivity index (χ1v) is 11.1. The van der Waals surface area contributed by atoms with Gasteiger partial charge in [0.2, 0.25) is 5.91 Å². The molecule has 0 bridgehead atoms. The minimum atomic E-state index is -0.544. The molecule has 0 aromatic heterocycles. The Morgan fingerprint density at radius 2 is 1.69 bits per heavy atom. The Morgan fingerprint density at radius 3 is 2.31 bits per heavy atom. The predicted molar refractivity (Wildman–Crippen MR) is 109 cm³/mol. The lowest BCUT2D eigenvalue weighted by atomic mass is 9.63. The lowest BCUT2D eigenvalue weighted by molar-refractivity contribution is -0.183. The van der Waals surface area contributed by atoms with Crippen LogP contribution in [0.25, 0.3) is 0 Å². The summed E-state index contributed by atoms with van der Waals surface area (Å²) in [6.45, 7) is 2.64. The zero-order valence-corrected chi connectivity index (χ0v) is 17.3. The molecule has 0 radical (unpaired) electrons. The highest BCUT2D eigenvalue weighted by Crippen LogP contribution is 2.49. The maximum atomic E-state index is 13.1. The van der Waals surface area contributed by atoms with E-state index >= 15 is 0 Å². The molecule has 5 rings (SSSR count). The van der Waals surface area contributed by atoms with Crippen molar-refractivity contribution in [2.75, 3.05) is 33.2 Å². The van der Waals surface area contributed by atoms with Crippen LogP contribution in [0.2, 0.25) is 0 Å². The summed E-state index contributed by atoms with van der Waals surface area (Å²) in [7, 11) is 1.83. The minimum absolute atomic E-state index is 0.00390. The zero-order valence-electron chi connectivity index (χ0n) is 17.3. The van der Waals surface area contributed by atoms with Gasteiger partial charge in [-0.25, -0.2) is 4.79 Å². The fraction of sp³-hybridized carbons (Fsp3) is 0.652. The molecule has 6 heteroatoms. The Balaban J connectivity index is 1.33. The van der Waals surface area contributed by atoms with Gasteiger partial charge in [0.05, 0.1) is 6.54 Å². The van der Waals surface area contributed by atoms with Crippen LogP contribution < -0.4 is 0 Å². The fourth-order valence-electron chi connectivity index (χ4n) is 5.23. The number of piperidine rings is 1. The third kappa shape index (κ3) is 3.52. The van der Waals surface area contributed by atoms with Crippen molar-refractivity contribution in [3.8, 4) is 0 Å². The van der Waals surface area contributed by atoms with Gasteiger partial charge < -0.3 is 14.6 Å². The highest BCUT2D eigenvalue weighted by atomic mass is 16.7. The molecule has 29 heavy (non-hydrogen) atoms. The molecule has 1 aromatic carbocycles. The third-order valence-corrected chi connectivity index (χ3v) is 7.55. The van der Waals surface area contributed by atoms with E-state index in [9.17, 15) is 9.59 Å². The van der Waals surface area contributed by atoms with Crippen molar-refractivity contribution in [2.24, 2.45) is 5.41 Å². The van der Waals surface area contributed by atoms with Gasteiger partial charge in [-0.15, -0.1) is 5.06 Å². The monoisotopic (exact) mass is 397 g/mol. The highest BCUT2D eigenvalue weighted by Gasteiger charge is 2.43. The van der Waals surface area contributed by atoms with E-state index in [1.807, 2.05) is 30.1 Å². The predicted octanol–water partition coefficient (Wildman–Crippen LogP) is 3.70. The standard InChI is InChI=1S/C23H31N3O3/c1-24-15-16-26(29-22(28)25-13-11-23(12-14-25)9-4-10-23)20(21(24)27)19-6-3-2-5-18(19)17-7-8-17/h2-3,5-6,17,20H,4,7-16H2,1H3. The number of likely N-dealkylation sites (tertiary alicyclic amines) is 1. The van der Waals surface area contributed by atoms with E-state index < -0.39 is 6.04 Å². The fourth-order valence-corrected chi connectivity index (χ4v) is 5.23. The van der Waals surface area contributed by atoms with Crippen LogP contribution in [0.4, 0.5) is 4.79 Å². The van der Waals surface area contributed by atoms with Gasteiger partial charge in [0.25, 0.3) is 0 Å². The number of hydrogen-bond acceptors (Lipinski definition) is 4. The normalized spacial score (nSPS) is 27.1. The van der Waals surface area contributed by atoms with Crippen LogP contribution in [0.5, 0.6) is 0 Å². The molecule has 156 valence electrons. The Bertz CT molecular complexity index is 792. The van der Waals surface area contributed by atoms with Gasteiger partial charge in [-0.1, -0.05) is 30.7 Å². The van der Waals surface area contributed by atoms with Gasteiger partial charge >= 0.3 is 6.09 Å². The lowest BCUT2D eigenvalue weighted by Crippen LogP contribution is -2.53. The number of nitrogens with zero attached hydrogens (tertiary/aromatic N) is 3. The summed E-state index contributed by atoms with van der Waals surface area (Å²) in [5.41, 5.74) is 2.71. The van der Waals surface area contributed by atoms with E-state index in [-0.39, 0.29) is 12.0 Å². The number of likely N-dealkylation sites (N-methyl/N-ethyl adjacent to an activating group) is 1. The number of piperazine rings is 1.